The van der Waals surface area contributed by atoms with Crippen molar-refractivity contribution >= 4 is 0 Å². The van der Waals surface area contributed by atoms with Crippen LogP contribution in [0.15, 0.2) is 30.5 Å². The Morgan fingerprint density at radius 1 is 1.40 bits per heavy atom. The van der Waals surface area contributed by atoms with Gasteiger partial charge < -0.3 is 9.84 Å². The van der Waals surface area contributed by atoms with Gasteiger partial charge in [-0.1, -0.05) is 6.07 Å². The molecule has 0 saturated carbocycles. The van der Waals surface area contributed by atoms with Gasteiger partial charge in [-0.25, -0.2) is 0 Å². The number of hydrogen-bond donors (Lipinski definition) is 1. The van der Waals surface area contributed by atoms with E-state index in [1.165, 1.54) is 5.56 Å². The Morgan fingerprint density at radius 2 is 2.25 bits per heavy atom. The Kier molecular flexibility index (Phi) is 3.49. The van der Waals surface area contributed by atoms with Crippen LogP contribution in [0.1, 0.15) is 49.2 Å². The fraction of sp³-hybridized carbons (Fsp3) is 0.438. The van der Waals surface area contributed by atoms with Gasteiger partial charge in [-0.3, -0.25) is 4.68 Å². The summed E-state index contributed by atoms with van der Waals surface area (Å²) >= 11 is 0. The summed E-state index contributed by atoms with van der Waals surface area (Å²) in [5.41, 5.74) is 3.17. The molecule has 20 heavy (non-hydrogen) atoms. The molecule has 2 aromatic rings. The van der Waals surface area contributed by atoms with E-state index in [0.29, 0.717) is 12.6 Å². The van der Waals surface area contributed by atoms with E-state index < -0.39 is 0 Å². The number of fused-ring (bicyclic) bond motifs is 1. The molecule has 0 fully saturated rings. The van der Waals surface area contributed by atoms with Crippen molar-refractivity contribution in [1.82, 2.24) is 9.78 Å². The maximum Gasteiger partial charge on any atom is 0.132 e. The SMILES string of the molecule is CC(C)n1ccc(COc2ccc3c(c2)CC[C@@H]3O)n1. The van der Waals surface area contributed by atoms with Crippen LogP contribution in [0.2, 0.25) is 0 Å². The number of nitrogens with zero attached hydrogens (tertiary/aromatic N) is 2. The average molecular weight is 272 g/mol. The van der Waals surface area contributed by atoms with Crippen molar-refractivity contribution in [2.45, 2.75) is 45.4 Å². The highest BCUT2D eigenvalue weighted by Gasteiger charge is 2.20. The van der Waals surface area contributed by atoms with Crippen LogP contribution >= 0.6 is 0 Å². The summed E-state index contributed by atoms with van der Waals surface area (Å²) in [7, 11) is 0. The van der Waals surface area contributed by atoms with Gasteiger partial charge in [0, 0.05) is 12.2 Å². The number of ether oxygens (including phenoxy) is 1. The number of aromatic nitrogens is 2. The van der Waals surface area contributed by atoms with Gasteiger partial charge in [0.1, 0.15) is 12.4 Å². The second kappa shape index (κ2) is 5.29. The molecule has 3 rings (SSSR count). The van der Waals surface area contributed by atoms with Crippen LogP contribution in [0.3, 0.4) is 0 Å². The number of benzene rings is 1. The van der Waals surface area contributed by atoms with Crippen LogP contribution in [-0.4, -0.2) is 14.9 Å². The zero-order valence-electron chi connectivity index (χ0n) is 11.9. The molecule has 0 saturated heterocycles. The van der Waals surface area contributed by atoms with Crippen molar-refractivity contribution < 1.29 is 9.84 Å². The average Bonchev–Trinajstić information content (AvgIpc) is 3.04. The Labute approximate surface area is 119 Å². The molecule has 0 unspecified atom stereocenters. The molecule has 1 atom stereocenters. The molecule has 1 aliphatic carbocycles. The predicted octanol–water partition coefficient (Wildman–Crippen LogP) is 3.02. The first-order valence-corrected chi connectivity index (χ1v) is 7.11. The number of rotatable bonds is 4. The summed E-state index contributed by atoms with van der Waals surface area (Å²) in [4.78, 5) is 0. The van der Waals surface area contributed by atoms with Crippen LogP contribution < -0.4 is 4.74 Å². The lowest BCUT2D eigenvalue weighted by Gasteiger charge is -2.08. The third-order valence-electron chi connectivity index (χ3n) is 3.74. The molecule has 4 nitrogen and oxygen atoms in total. The van der Waals surface area contributed by atoms with Crippen molar-refractivity contribution in [1.29, 1.82) is 0 Å². The van der Waals surface area contributed by atoms with Crippen molar-refractivity contribution in [3.05, 3.63) is 47.3 Å². The van der Waals surface area contributed by atoms with Crippen LogP contribution in [0.25, 0.3) is 0 Å². The van der Waals surface area contributed by atoms with E-state index in [4.69, 9.17) is 4.74 Å². The molecule has 1 aromatic carbocycles. The highest BCUT2D eigenvalue weighted by atomic mass is 16.5. The molecule has 0 bridgehead atoms. The molecule has 106 valence electrons. The summed E-state index contributed by atoms with van der Waals surface area (Å²) in [6, 6.07) is 8.27. The van der Waals surface area contributed by atoms with E-state index in [9.17, 15) is 5.11 Å². The largest absolute Gasteiger partial charge is 0.487 e. The molecule has 1 heterocycles. The van der Waals surface area contributed by atoms with E-state index in [-0.39, 0.29) is 6.10 Å². The fourth-order valence-corrected chi connectivity index (χ4v) is 2.56. The molecule has 0 radical (unpaired) electrons. The quantitative estimate of drug-likeness (QED) is 0.930. The van der Waals surface area contributed by atoms with Gasteiger partial charge in [-0.15, -0.1) is 0 Å². The topological polar surface area (TPSA) is 47.3 Å². The van der Waals surface area contributed by atoms with E-state index in [1.807, 2.05) is 35.1 Å². The summed E-state index contributed by atoms with van der Waals surface area (Å²) in [6.07, 6.45) is 3.41. The van der Waals surface area contributed by atoms with E-state index in [2.05, 4.69) is 18.9 Å². The Bertz CT molecular complexity index is 604. The summed E-state index contributed by atoms with van der Waals surface area (Å²) in [5, 5.41) is 14.2. The summed E-state index contributed by atoms with van der Waals surface area (Å²) in [6.45, 7) is 4.67. The Hall–Kier alpha value is -1.81. The summed E-state index contributed by atoms with van der Waals surface area (Å²) in [5.74, 6) is 0.844. The van der Waals surface area contributed by atoms with Gasteiger partial charge in [0.2, 0.25) is 0 Å². The number of aryl methyl sites for hydroxylation is 1. The van der Waals surface area contributed by atoms with Crippen molar-refractivity contribution in [2.24, 2.45) is 0 Å². The molecule has 4 heteroatoms. The minimum atomic E-state index is -0.305. The van der Waals surface area contributed by atoms with E-state index >= 15 is 0 Å². The third kappa shape index (κ3) is 2.56. The molecular formula is C16H20N2O2. The first-order valence-electron chi connectivity index (χ1n) is 7.11. The van der Waals surface area contributed by atoms with Gasteiger partial charge in [0.05, 0.1) is 11.8 Å². The van der Waals surface area contributed by atoms with Gasteiger partial charge in [-0.2, -0.15) is 5.10 Å². The molecule has 1 N–H and O–H groups in total. The van der Waals surface area contributed by atoms with Crippen molar-refractivity contribution in [2.75, 3.05) is 0 Å². The van der Waals surface area contributed by atoms with Gasteiger partial charge in [0.25, 0.3) is 0 Å². The number of hydrogen-bond acceptors (Lipinski definition) is 3. The second-order valence-corrected chi connectivity index (χ2v) is 5.58. The number of aliphatic hydroxyl groups excluding tert-OH is 1. The fourth-order valence-electron chi connectivity index (χ4n) is 2.56. The molecular weight excluding hydrogens is 252 g/mol. The second-order valence-electron chi connectivity index (χ2n) is 5.58. The minimum Gasteiger partial charge on any atom is -0.487 e. The lowest BCUT2D eigenvalue weighted by molar-refractivity contribution is 0.180. The van der Waals surface area contributed by atoms with Crippen molar-refractivity contribution in [3.8, 4) is 5.75 Å². The maximum absolute atomic E-state index is 9.78. The zero-order chi connectivity index (χ0) is 14.1. The van der Waals surface area contributed by atoms with Gasteiger partial charge in [-0.05, 0) is 56.0 Å². The maximum atomic E-state index is 9.78. The summed E-state index contributed by atoms with van der Waals surface area (Å²) < 4.78 is 7.72. The Morgan fingerprint density at radius 3 is 3.00 bits per heavy atom. The van der Waals surface area contributed by atoms with E-state index in [0.717, 1.165) is 29.8 Å². The monoisotopic (exact) mass is 272 g/mol. The van der Waals surface area contributed by atoms with Crippen LogP contribution in [0, 0.1) is 0 Å². The zero-order valence-corrected chi connectivity index (χ0v) is 11.9. The first kappa shape index (κ1) is 13.2. The lowest BCUT2D eigenvalue weighted by Crippen LogP contribution is -2.03. The predicted molar refractivity (Wildman–Crippen MR) is 76.7 cm³/mol. The smallest absolute Gasteiger partial charge is 0.132 e. The van der Waals surface area contributed by atoms with Crippen LogP contribution in [-0.2, 0) is 13.0 Å². The normalized spacial score (nSPS) is 17.5. The standard InChI is InChI=1S/C16H20N2O2/c1-11(2)18-8-7-13(17-18)10-20-14-4-5-15-12(9-14)3-6-16(15)19/h4-5,7-9,11,16,19H,3,6,10H2,1-2H3/t16-/m0/s1. The van der Waals surface area contributed by atoms with Crippen LogP contribution in [0.4, 0.5) is 0 Å². The minimum absolute atomic E-state index is 0.305. The van der Waals surface area contributed by atoms with Gasteiger partial charge >= 0.3 is 0 Å². The number of aliphatic hydroxyl groups is 1. The molecule has 1 aliphatic rings. The van der Waals surface area contributed by atoms with Gasteiger partial charge in [0.15, 0.2) is 0 Å². The molecule has 1 aromatic heterocycles. The molecule has 0 spiro atoms. The first-order chi connectivity index (χ1) is 9.63. The van der Waals surface area contributed by atoms with E-state index in [1.54, 1.807) is 0 Å². The molecule has 0 aliphatic heterocycles. The molecule has 0 amide bonds. The lowest BCUT2D eigenvalue weighted by atomic mass is 10.1. The highest BCUT2D eigenvalue weighted by molar-refractivity contribution is 5.39. The third-order valence-corrected chi connectivity index (χ3v) is 3.74. The highest BCUT2D eigenvalue weighted by Crippen LogP contribution is 2.33. The van der Waals surface area contributed by atoms with Crippen molar-refractivity contribution in [3.63, 3.8) is 0 Å². The Balaban J connectivity index is 1.66. The van der Waals surface area contributed by atoms with Crippen LogP contribution in [0.5, 0.6) is 5.75 Å².